The molecule has 1 N–H and O–H groups in total. The average molecular weight is 292 g/mol. The van der Waals surface area contributed by atoms with Crippen LogP contribution in [0.1, 0.15) is 24.8 Å². The molecule has 0 radical (unpaired) electrons. The minimum atomic E-state index is -0.0641. The fourth-order valence-corrected chi connectivity index (χ4v) is 2.56. The first kappa shape index (κ1) is 14.8. The summed E-state index contributed by atoms with van der Waals surface area (Å²) in [4.78, 5) is 14.0. The van der Waals surface area contributed by atoms with E-state index in [4.69, 9.17) is 17.0 Å². The molecule has 1 aromatic rings. The second kappa shape index (κ2) is 7.24. The lowest BCUT2D eigenvalue weighted by Gasteiger charge is -2.28. The van der Waals surface area contributed by atoms with Gasteiger partial charge in [0.25, 0.3) is 0 Å². The fraction of sp³-hybridized carbons (Fsp3) is 0.467. The van der Waals surface area contributed by atoms with Gasteiger partial charge in [-0.15, -0.1) is 0 Å². The fourth-order valence-electron chi connectivity index (χ4n) is 2.27. The molecular weight excluding hydrogens is 272 g/mol. The quantitative estimate of drug-likeness (QED) is 0.867. The van der Waals surface area contributed by atoms with Crippen LogP contribution in [0.5, 0.6) is 5.75 Å². The molecule has 1 aromatic carbocycles. The zero-order valence-electron chi connectivity index (χ0n) is 11.7. The summed E-state index contributed by atoms with van der Waals surface area (Å²) in [6, 6.07) is 7.49. The third kappa shape index (κ3) is 4.20. The van der Waals surface area contributed by atoms with Gasteiger partial charge in [0.1, 0.15) is 5.75 Å². The molecule has 20 heavy (non-hydrogen) atoms. The van der Waals surface area contributed by atoms with Crippen molar-refractivity contribution in [2.75, 3.05) is 20.2 Å². The highest BCUT2D eigenvalue weighted by Gasteiger charge is 2.15. The number of benzene rings is 1. The van der Waals surface area contributed by atoms with Gasteiger partial charge in [-0.2, -0.15) is 0 Å². The van der Waals surface area contributed by atoms with Crippen LogP contribution in [-0.4, -0.2) is 36.1 Å². The molecule has 1 heterocycles. The number of hydrogen-bond donors (Lipinski definition) is 1. The summed E-state index contributed by atoms with van der Waals surface area (Å²) in [5, 5.41) is 3.37. The first-order valence-electron chi connectivity index (χ1n) is 6.91. The SMILES string of the molecule is COc1ccc(CC(=O)NC(=S)N2CCCCC2)cc1. The number of amides is 1. The first-order valence-corrected chi connectivity index (χ1v) is 7.31. The Balaban J connectivity index is 1.83. The molecule has 2 rings (SSSR count). The van der Waals surface area contributed by atoms with Gasteiger partial charge < -0.3 is 15.0 Å². The summed E-state index contributed by atoms with van der Waals surface area (Å²) in [6.07, 6.45) is 3.87. The molecule has 5 heteroatoms. The molecule has 1 saturated heterocycles. The molecule has 0 saturated carbocycles. The van der Waals surface area contributed by atoms with Gasteiger partial charge in [0, 0.05) is 13.1 Å². The Morgan fingerprint density at radius 2 is 1.90 bits per heavy atom. The molecule has 0 unspecified atom stereocenters. The van der Waals surface area contributed by atoms with E-state index in [0.29, 0.717) is 11.5 Å². The zero-order chi connectivity index (χ0) is 14.4. The van der Waals surface area contributed by atoms with Crippen molar-refractivity contribution in [3.63, 3.8) is 0 Å². The smallest absolute Gasteiger partial charge is 0.230 e. The number of nitrogens with one attached hydrogen (secondary N) is 1. The Morgan fingerprint density at radius 1 is 1.25 bits per heavy atom. The Bertz CT molecular complexity index is 467. The molecule has 108 valence electrons. The lowest BCUT2D eigenvalue weighted by atomic mass is 10.1. The molecule has 0 bridgehead atoms. The Kier molecular flexibility index (Phi) is 5.35. The summed E-state index contributed by atoms with van der Waals surface area (Å²) in [7, 11) is 1.62. The monoisotopic (exact) mass is 292 g/mol. The van der Waals surface area contributed by atoms with E-state index in [1.165, 1.54) is 6.42 Å². The maximum atomic E-state index is 12.0. The number of carbonyl (C=O) groups is 1. The Morgan fingerprint density at radius 3 is 2.50 bits per heavy atom. The third-order valence-corrected chi connectivity index (χ3v) is 3.77. The van der Waals surface area contributed by atoms with E-state index in [9.17, 15) is 4.79 Å². The van der Waals surface area contributed by atoms with Crippen molar-refractivity contribution < 1.29 is 9.53 Å². The van der Waals surface area contributed by atoms with Gasteiger partial charge in [-0.3, -0.25) is 4.79 Å². The molecule has 1 fully saturated rings. The summed E-state index contributed by atoms with van der Waals surface area (Å²) in [5.41, 5.74) is 0.949. The van der Waals surface area contributed by atoms with Crippen LogP contribution in [0.25, 0.3) is 0 Å². The van der Waals surface area contributed by atoms with E-state index in [1.54, 1.807) is 7.11 Å². The normalized spacial score (nSPS) is 14.8. The number of carbonyl (C=O) groups excluding carboxylic acids is 1. The minimum absolute atomic E-state index is 0.0641. The number of thiocarbonyl (C=S) groups is 1. The molecule has 0 atom stereocenters. The standard InChI is InChI=1S/C15H20N2O2S/c1-19-13-7-5-12(6-8-13)11-14(18)16-15(20)17-9-3-2-4-10-17/h5-8H,2-4,9-11H2,1H3,(H,16,18,20). The highest BCUT2D eigenvalue weighted by Crippen LogP contribution is 2.12. The molecule has 1 amide bonds. The van der Waals surface area contributed by atoms with Gasteiger partial charge in [0.2, 0.25) is 5.91 Å². The minimum Gasteiger partial charge on any atom is -0.497 e. The molecular formula is C15H20N2O2S. The molecule has 0 spiro atoms. The predicted octanol–water partition coefficient (Wildman–Crippen LogP) is 2.12. The van der Waals surface area contributed by atoms with Gasteiger partial charge in [0.15, 0.2) is 5.11 Å². The van der Waals surface area contributed by atoms with Gasteiger partial charge in [-0.05, 0) is 49.2 Å². The van der Waals surface area contributed by atoms with Crippen molar-refractivity contribution >= 4 is 23.2 Å². The van der Waals surface area contributed by atoms with Gasteiger partial charge >= 0.3 is 0 Å². The number of nitrogens with zero attached hydrogens (tertiary/aromatic N) is 1. The van der Waals surface area contributed by atoms with Crippen LogP contribution in [0, 0.1) is 0 Å². The molecule has 1 aliphatic heterocycles. The van der Waals surface area contributed by atoms with Crippen molar-refractivity contribution in [2.24, 2.45) is 0 Å². The van der Waals surface area contributed by atoms with E-state index in [-0.39, 0.29) is 5.91 Å². The number of methoxy groups -OCH3 is 1. The predicted molar refractivity (Wildman–Crippen MR) is 82.9 cm³/mol. The highest BCUT2D eigenvalue weighted by atomic mass is 32.1. The van der Waals surface area contributed by atoms with E-state index in [1.807, 2.05) is 24.3 Å². The van der Waals surface area contributed by atoms with Crippen LogP contribution in [0.2, 0.25) is 0 Å². The number of rotatable bonds is 3. The summed E-state index contributed by atoms with van der Waals surface area (Å²) in [5.74, 6) is 0.726. The molecule has 0 aromatic heterocycles. The van der Waals surface area contributed by atoms with Gasteiger partial charge in [-0.1, -0.05) is 12.1 Å². The first-order chi connectivity index (χ1) is 9.69. The van der Waals surface area contributed by atoms with Gasteiger partial charge in [-0.25, -0.2) is 0 Å². The lowest BCUT2D eigenvalue weighted by molar-refractivity contribution is -0.119. The lowest BCUT2D eigenvalue weighted by Crippen LogP contribution is -2.45. The molecule has 0 aliphatic carbocycles. The second-order valence-corrected chi connectivity index (χ2v) is 5.31. The number of ether oxygens (including phenoxy) is 1. The largest absolute Gasteiger partial charge is 0.497 e. The van der Waals surface area contributed by atoms with E-state index in [0.717, 1.165) is 37.2 Å². The van der Waals surface area contributed by atoms with Crippen molar-refractivity contribution in [2.45, 2.75) is 25.7 Å². The van der Waals surface area contributed by atoms with Crippen LogP contribution in [-0.2, 0) is 11.2 Å². The maximum Gasteiger partial charge on any atom is 0.230 e. The van der Waals surface area contributed by atoms with E-state index >= 15 is 0 Å². The average Bonchev–Trinajstić information content (AvgIpc) is 2.49. The summed E-state index contributed by atoms with van der Waals surface area (Å²) in [6.45, 7) is 1.89. The number of likely N-dealkylation sites (tertiary alicyclic amines) is 1. The van der Waals surface area contributed by atoms with Crippen LogP contribution >= 0.6 is 12.2 Å². The second-order valence-electron chi connectivity index (χ2n) is 4.93. The van der Waals surface area contributed by atoms with E-state index in [2.05, 4.69) is 10.2 Å². The van der Waals surface area contributed by atoms with Crippen LogP contribution in [0.15, 0.2) is 24.3 Å². The maximum absolute atomic E-state index is 12.0. The molecule has 4 nitrogen and oxygen atoms in total. The van der Waals surface area contributed by atoms with E-state index < -0.39 is 0 Å². The van der Waals surface area contributed by atoms with Crippen molar-refractivity contribution in [3.8, 4) is 5.75 Å². The summed E-state index contributed by atoms with van der Waals surface area (Å²) < 4.78 is 5.09. The van der Waals surface area contributed by atoms with Crippen molar-refractivity contribution in [1.82, 2.24) is 10.2 Å². The topological polar surface area (TPSA) is 41.6 Å². The molecule has 1 aliphatic rings. The zero-order valence-corrected chi connectivity index (χ0v) is 12.5. The van der Waals surface area contributed by atoms with Crippen LogP contribution in [0.3, 0.4) is 0 Å². The van der Waals surface area contributed by atoms with Crippen molar-refractivity contribution in [3.05, 3.63) is 29.8 Å². The number of hydrogen-bond acceptors (Lipinski definition) is 3. The van der Waals surface area contributed by atoms with Crippen molar-refractivity contribution in [1.29, 1.82) is 0 Å². The highest BCUT2D eigenvalue weighted by molar-refractivity contribution is 7.80. The Hall–Kier alpha value is -1.62. The van der Waals surface area contributed by atoms with Crippen LogP contribution < -0.4 is 10.1 Å². The van der Waals surface area contributed by atoms with Crippen LogP contribution in [0.4, 0.5) is 0 Å². The third-order valence-electron chi connectivity index (χ3n) is 3.41. The summed E-state index contributed by atoms with van der Waals surface area (Å²) >= 11 is 5.28. The number of piperidine rings is 1. The van der Waals surface area contributed by atoms with Gasteiger partial charge in [0.05, 0.1) is 13.5 Å². The Labute approximate surface area is 125 Å².